The van der Waals surface area contributed by atoms with Crippen molar-refractivity contribution < 1.29 is 13.0 Å². The molecule has 0 fully saturated rings. The van der Waals surface area contributed by atoms with Gasteiger partial charge < -0.3 is 0 Å². The van der Waals surface area contributed by atoms with Crippen molar-refractivity contribution in [3.8, 4) is 0 Å². The molecular weight excluding hydrogens is 238 g/mol. The molecule has 0 unspecified atom stereocenters. The first-order valence-corrected chi connectivity index (χ1v) is 7.19. The van der Waals surface area contributed by atoms with Crippen LogP contribution in [0.15, 0.2) is 28.1 Å². The summed E-state index contributed by atoms with van der Waals surface area (Å²) < 4.78 is 30.9. The minimum atomic E-state index is -4.12. The fourth-order valence-electron chi connectivity index (χ4n) is 2.49. The highest BCUT2D eigenvalue weighted by atomic mass is 32.2. The number of nitrogens with zero attached hydrogens (tertiary/aromatic N) is 1. The van der Waals surface area contributed by atoms with Crippen molar-refractivity contribution in [1.82, 2.24) is 0 Å². The summed E-state index contributed by atoms with van der Waals surface area (Å²) in [5.74, 6) is 0.417. The highest BCUT2D eigenvalue weighted by molar-refractivity contribution is 7.89. The second-order valence-electron chi connectivity index (χ2n) is 4.71. The SMILES string of the molecule is C=C(C[C@@H]1C2=C[C@@H]2C(C)=N[C@@H]1CC)S(=O)(=O)O. The molecule has 1 N–H and O–H groups in total. The Bertz CT molecular complexity index is 516. The van der Waals surface area contributed by atoms with Gasteiger partial charge in [0.2, 0.25) is 0 Å². The maximum atomic E-state index is 11.0. The summed E-state index contributed by atoms with van der Waals surface area (Å²) in [5.41, 5.74) is 2.37. The van der Waals surface area contributed by atoms with Crippen LogP contribution in [0.4, 0.5) is 0 Å². The van der Waals surface area contributed by atoms with Crippen molar-refractivity contribution in [2.75, 3.05) is 0 Å². The van der Waals surface area contributed by atoms with Gasteiger partial charge in [-0.2, -0.15) is 8.42 Å². The van der Waals surface area contributed by atoms with Crippen LogP contribution in [-0.4, -0.2) is 24.7 Å². The topological polar surface area (TPSA) is 66.7 Å². The quantitative estimate of drug-likeness (QED) is 0.618. The molecule has 4 nitrogen and oxygen atoms in total. The van der Waals surface area contributed by atoms with Crippen LogP contribution in [0.5, 0.6) is 0 Å². The first kappa shape index (κ1) is 12.5. The predicted molar refractivity (Wildman–Crippen MR) is 67.6 cm³/mol. The van der Waals surface area contributed by atoms with Crippen LogP contribution in [0.1, 0.15) is 26.7 Å². The molecule has 1 aliphatic carbocycles. The minimum absolute atomic E-state index is 0.0862. The molecule has 0 amide bonds. The molecule has 0 spiro atoms. The van der Waals surface area contributed by atoms with E-state index in [0.717, 1.165) is 12.1 Å². The molecule has 94 valence electrons. The number of allylic oxidation sites excluding steroid dienone is 2. The Kier molecular flexibility index (Phi) is 2.99. The van der Waals surface area contributed by atoms with E-state index in [4.69, 9.17) is 4.55 Å². The Morgan fingerprint density at radius 2 is 2.24 bits per heavy atom. The van der Waals surface area contributed by atoms with Gasteiger partial charge in [0.1, 0.15) is 0 Å². The van der Waals surface area contributed by atoms with Crippen LogP contribution in [-0.2, 0) is 10.1 Å². The van der Waals surface area contributed by atoms with Crippen molar-refractivity contribution in [1.29, 1.82) is 0 Å². The Balaban J connectivity index is 2.17. The molecule has 1 heterocycles. The van der Waals surface area contributed by atoms with Gasteiger partial charge in [-0.15, -0.1) is 0 Å². The summed E-state index contributed by atoms with van der Waals surface area (Å²) in [4.78, 5) is 4.48. The molecule has 0 aromatic carbocycles. The fraction of sp³-hybridized carbons (Fsp3) is 0.583. The Morgan fingerprint density at radius 3 is 2.76 bits per heavy atom. The minimum Gasteiger partial charge on any atom is -0.290 e. The van der Waals surface area contributed by atoms with Gasteiger partial charge >= 0.3 is 0 Å². The second kappa shape index (κ2) is 4.07. The van der Waals surface area contributed by atoms with Crippen LogP contribution in [0.3, 0.4) is 0 Å². The van der Waals surface area contributed by atoms with Crippen molar-refractivity contribution in [2.24, 2.45) is 16.8 Å². The van der Waals surface area contributed by atoms with Gasteiger partial charge in [-0.25, -0.2) is 0 Å². The van der Waals surface area contributed by atoms with E-state index in [2.05, 4.69) is 17.6 Å². The van der Waals surface area contributed by atoms with Crippen molar-refractivity contribution >= 4 is 15.8 Å². The maximum Gasteiger partial charge on any atom is 0.290 e. The first-order valence-electron chi connectivity index (χ1n) is 5.75. The van der Waals surface area contributed by atoms with E-state index in [9.17, 15) is 8.42 Å². The number of hydrogen-bond acceptors (Lipinski definition) is 3. The van der Waals surface area contributed by atoms with Gasteiger partial charge in [-0.1, -0.05) is 25.2 Å². The zero-order valence-corrected chi connectivity index (χ0v) is 10.9. The van der Waals surface area contributed by atoms with E-state index >= 15 is 0 Å². The summed E-state index contributed by atoms with van der Waals surface area (Å²) in [6.45, 7) is 7.49. The number of rotatable bonds is 4. The average molecular weight is 255 g/mol. The van der Waals surface area contributed by atoms with Crippen LogP contribution >= 0.6 is 0 Å². The van der Waals surface area contributed by atoms with E-state index < -0.39 is 10.1 Å². The van der Waals surface area contributed by atoms with Crippen LogP contribution in [0.2, 0.25) is 0 Å². The summed E-state index contributed by atoms with van der Waals surface area (Å²) in [6, 6.07) is 0.110. The standard InChI is InChI=1S/C12H17NO3S/c1-4-12-11(5-7(2)17(14,15)16)10-6-9(10)8(3)13-12/h6,9,11-12H,2,4-5H2,1,3H3,(H,14,15,16)/t9-,11-,12-/m1/s1. The lowest BCUT2D eigenvalue weighted by Crippen LogP contribution is -2.26. The van der Waals surface area contributed by atoms with Crippen LogP contribution < -0.4 is 0 Å². The van der Waals surface area contributed by atoms with Crippen LogP contribution in [0.25, 0.3) is 0 Å². The van der Waals surface area contributed by atoms with Gasteiger partial charge in [0.15, 0.2) is 0 Å². The third-order valence-corrected chi connectivity index (χ3v) is 4.45. The van der Waals surface area contributed by atoms with E-state index in [0.29, 0.717) is 5.92 Å². The van der Waals surface area contributed by atoms with E-state index in [-0.39, 0.29) is 23.3 Å². The van der Waals surface area contributed by atoms with Gasteiger partial charge in [0.05, 0.1) is 10.9 Å². The molecule has 3 atom stereocenters. The Morgan fingerprint density at radius 1 is 1.59 bits per heavy atom. The molecule has 17 heavy (non-hydrogen) atoms. The zero-order chi connectivity index (χ0) is 12.8. The van der Waals surface area contributed by atoms with Crippen molar-refractivity contribution in [3.05, 3.63) is 23.1 Å². The maximum absolute atomic E-state index is 11.0. The summed E-state index contributed by atoms with van der Waals surface area (Å²) in [5, 5.41) is 0. The van der Waals surface area contributed by atoms with Crippen molar-refractivity contribution in [3.63, 3.8) is 0 Å². The lowest BCUT2D eigenvalue weighted by atomic mass is 9.86. The third-order valence-electron chi connectivity index (χ3n) is 3.55. The molecule has 0 aromatic rings. The molecule has 0 radical (unpaired) electrons. The monoisotopic (exact) mass is 255 g/mol. The largest absolute Gasteiger partial charge is 0.290 e. The lowest BCUT2D eigenvalue weighted by molar-refractivity contribution is 0.449. The Labute approximate surface area is 102 Å². The molecule has 5 heteroatoms. The molecule has 1 aliphatic heterocycles. The molecule has 0 saturated carbocycles. The highest BCUT2D eigenvalue weighted by Crippen LogP contribution is 2.46. The molecule has 0 bridgehead atoms. The van der Waals surface area contributed by atoms with Crippen molar-refractivity contribution in [2.45, 2.75) is 32.7 Å². The summed E-state index contributed by atoms with van der Waals surface area (Å²) >= 11 is 0. The van der Waals surface area contributed by atoms with Gasteiger partial charge in [0.25, 0.3) is 10.1 Å². The average Bonchev–Trinajstić information content (AvgIpc) is 3.00. The third kappa shape index (κ3) is 2.35. The van der Waals surface area contributed by atoms with Gasteiger partial charge in [-0.3, -0.25) is 9.55 Å². The number of aliphatic imine (C=N–C) groups is 1. The molecule has 0 aromatic heterocycles. The fourth-order valence-corrected chi connectivity index (χ4v) is 2.88. The molecular formula is C12H17NO3S. The first-order chi connectivity index (χ1) is 7.84. The van der Waals surface area contributed by atoms with Crippen LogP contribution in [0, 0.1) is 11.8 Å². The van der Waals surface area contributed by atoms with E-state index in [1.165, 1.54) is 5.57 Å². The number of hydrogen-bond donors (Lipinski definition) is 1. The van der Waals surface area contributed by atoms with Gasteiger partial charge in [0, 0.05) is 17.5 Å². The smallest absolute Gasteiger partial charge is 0.290 e. The summed E-state index contributed by atoms with van der Waals surface area (Å²) in [6.07, 6.45) is 3.26. The zero-order valence-electron chi connectivity index (χ0n) is 10.0. The lowest BCUT2D eigenvalue weighted by Gasteiger charge is -2.27. The van der Waals surface area contributed by atoms with E-state index in [1.807, 2.05) is 13.8 Å². The normalized spacial score (nSPS) is 31.4. The summed E-state index contributed by atoms with van der Waals surface area (Å²) in [7, 11) is -4.12. The molecule has 2 rings (SSSR count). The Hall–Kier alpha value is -0.940. The second-order valence-corrected chi connectivity index (χ2v) is 6.24. The molecule has 2 aliphatic rings. The van der Waals surface area contributed by atoms with Gasteiger partial charge in [-0.05, 0) is 19.8 Å². The predicted octanol–water partition coefficient (Wildman–Crippen LogP) is 2.20. The highest BCUT2D eigenvalue weighted by Gasteiger charge is 2.41. The van der Waals surface area contributed by atoms with E-state index in [1.54, 1.807) is 0 Å². The number of fused-ring (bicyclic) bond motifs is 1. The molecule has 0 saturated heterocycles.